The molecule has 1 aliphatic heterocycles. The lowest BCUT2D eigenvalue weighted by Gasteiger charge is -2.14. The van der Waals surface area contributed by atoms with E-state index in [1.165, 1.54) is 4.68 Å². The minimum atomic E-state index is -0.542. The van der Waals surface area contributed by atoms with E-state index < -0.39 is 17.4 Å². The average molecular weight is 514 g/mol. The van der Waals surface area contributed by atoms with Gasteiger partial charge in [0, 0.05) is 22.3 Å². The predicted octanol–water partition coefficient (Wildman–Crippen LogP) is 4.79. The summed E-state index contributed by atoms with van der Waals surface area (Å²) < 4.78 is 3.01. The summed E-state index contributed by atoms with van der Waals surface area (Å²) >= 11 is 6.05. The maximum absolute atomic E-state index is 14.0. The van der Waals surface area contributed by atoms with Gasteiger partial charge in [-0.25, -0.2) is 9.58 Å². The number of amides is 2. The quantitative estimate of drug-likeness (QED) is 0.308. The van der Waals surface area contributed by atoms with Gasteiger partial charge < -0.3 is 0 Å². The van der Waals surface area contributed by atoms with Gasteiger partial charge in [0.15, 0.2) is 12.4 Å². The molecule has 0 saturated heterocycles. The van der Waals surface area contributed by atoms with Crippen LogP contribution in [0, 0.1) is 13.8 Å². The molecule has 3 heterocycles. The first kappa shape index (κ1) is 24.5. The fourth-order valence-electron chi connectivity index (χ4n) is 4.53. The van der Waals surface area contributed by atoms with Crippen LogP contribution in [0.3, 0.4) is 0 Å². The zero-order chi connectivity index (χ0) is 26.4. The van der Waals surface area contributed by atoms with Crippen LogP contribution in [0.2, 0.25) is 5.02 Å². The highest BCUT2D eigenvalue weighted by Gasteiger charge is 2.48. The number of pyridine rings is 1. The minimum absolute atomic E-state index is 0.0684. The Kier molecular flexibility index (Phi) is 6.17. The van der Waals surface area contributed by atoms with Crippen molar-refractivity contribution in [2.75, 3.05) is 4.90 Å². The zero-order valence-electron chi connectivity index (χ0n) is 20.9. The fraction of sp³-hybridized carbons (Fsp3) is 0.172. The molecule has 37 heavy (non-hydrogen) atoms. The molecule has 0 atom stereocenters. The van der Waals surface area contributed by atoms with E-state index in [4.69, 9.17) is 11.6 Å². The molecule has 0 spiro atoms. The molecule has 8 heteroatoms. The SMILES string of the molecule is Cc1ccc(N2C(=O)C(c3c(C(C)C)[nH]n(-c4ccc(Cl)cc4)c3=O)=C([n+]3cccc(C)c3)C2=O)cc1. The Labute approximate surface area is 219 Å². The number of halogens is 1. The predicted molar refractivity (Wildman–Crippen MR) is 144 cm³/mol. The molecular weight excluding hydrogens is 488 g/mol. The highest BCUT2D eigenvalue weighted by molar-refractivity contribution is 6.53. The van der Waals surface area contributed by atoms with E-state index in [1.807, 2.05) is 45.9 Å². The van der Waals surface area contributed by atoms with Crippen LogP contribution in [-0.4, -0.2) is 21.6 Å². The van der Waals surface area contributed by atoms with Crippen LogP contribution in [0.1, 0.15) is 42.1 Å². The van der Waals surface area contributed by atoms with Gasteiger partial charge >= 0.3 is 5.91 Å². The Morgan fingerprint density at radius 3 is 2.11 bits per heavy atom. The number of carbonyl (C=O) groups excluding carboxylic acids is 2. The number of aromatic nitrogens is 3. The van der Waals surface area contributed by atoms with Gasteiger partial charge in [0.2, 0.25) is 0 Å². The van der Waals surface area contributed by atoms with Crippen molar-refractivity contribution in [2.45, 2.75) is 33.6 Å². The summed E-state index contributed by atoms with van der Waals surface area (Å²) in [4.78, 5) is 43.0. The summed E-state index contributed by atoms with van der Waals surface area (Å²) in [6, 6.07) is 17.7. The molecule has 2 aromatic heterocycles. The van der Waals surface area contributed by atoms with Crippen molar-refractivity contribution < 1.29 is 14.2 Å². The molecule has 0 unspecified atom stereocenters. The minimum Gasteiger partial charge on any atom is -0.294 e. The van der Waals surface area contributed by atoms with Crippen molar-refractivity contribution in [1.29, 1.82) is 0 Å². The molecule has 2 amide bonds. The normalized spacial score (nSPS) is 13.8. The second-order valence-corrected chi connectivity index (χ2v) is 9.90. The van der Waals surface area contributed by atoms with Crippen LogP contribution in [0.4, 0.5) is 5.69 Å². The molecule has 0 radical (unpaired) electrons. The molecule has 0 saturated carbocycles. The van der Waals surface area contributed by atoms with Crippen LogP contribution in [0.5, 0.6) is 0 Å². The highest BCUT2D eigenvalue weighted by Crippen LogP contribution is 2.35. The van der Waals surface area contributed by atoms with Crippen molar-refractivity contribution >= 4 is 40.4 Å². The molecule has 2 aromatic carbocycles. The van der Waals surface area contributed by atoms with E-state index in [1.54, 1.807) is 59.4 Å². The Morgan fingerprint density at radius 2 is 1.49 bits per heavy atom. The van der Waals surface area contributed by atoms with Gasteiger partial charge in [-0.15, -0.1) is 0 Å². The number of aromatic amines is 1. The Balaban J connectivity index is 1.80. The maximum atomic E-state index is 14.0. The molecule has 0 fully saturated rings. The number of benzene rings is 2. The van der Waals surface area contributed by atoms with E-state index in [9.17, 15) is 14.4 Å². The average Bonchev–Trinajstić information content (AvgIpc) is 3.33. The van der Waals surface area contributed by atoms with Crippen molar-refractivity contribution in [3.8, 4) is 5.69 Å². The largest absolute Gasteiger partial charge is 0.331 e. The zero-order valence-corrected chi connectivity index (χ0v) is 21.7. The van der Waals surface area contributed by atoms with Crippen molar-refractivity contribution in [1.82, 2.24) is 9.78 Å². The topological polar surface area (TPSA) is 79.1 Å². The summed E-state index contributed by atoms with van der Waals surface area (Å²) in [6.45, 7) is 7.70. The number of hydrogen-bond donors (Lipinski definition) is 1. The molecule has 1 aliphatic rings. The van der Waals surface area contributed by atoms with Crippen LogP contribution in [0.15, 0.2) is 77.9 Å². The Hall–Kier alpha value is -4.23. The third-order valence-corrected chi connectivity index (χ3v) is 6.64. The van der Waals surface area contributed by atoms with Crippen LogP contribution < -0.4 is 15.0 Å². The molecule has 1 N–H and O–H groups in total. The lowest BCUT2D eigenvalue weighted by molar-refractivity contribution is -0.577. The van der Waals surface area contributed by atoms with Gasteiger partial charge in [-0.2, -0.15) is 4.57 Å². The lowest BCUT2D eigenvalue weighted by atomic mass is 9.98. The molecule has 186 valence electrons. The first-order chi connectivity index (χ1) is 17.7. The van der Waals surface area contributed by atoms with Crippen molar-refractivity contribution in [3.63, 3.8) is 0 Å². The van der Waals surface area contributed by atoms with Gasteiger partial charge in [0.25, 0.3) is 17.2 Å². The van der Waals surface area contributed by atoms with Gasteiger partial charge in [-0.05, 0) is 62.2 Å². The number of carbonyl (C=O) groups is 2. The molecule has 7 nitrogen and oxygen atoms in total. The van der Waals surface area contributed by atoms with Gasteiger partial charge in [0.1, 0.15) is 5.57 Å². The summed E-state index contributed by atoms with van der Waals surface area (Å²) in [7, 11) is 0. The smallest absolute Gasteiger partial charge is 0.294 e. The first-order valence-electron chi connectivity index (χ1n) is 12.0. The Morgan fingerprint density at radius 1 is 0.838 bits per heavy atom. The van der Waals surface area contributed by atoms with E-state index in [-0.39, 0.29) is 22.8 Å². The molecule has 0 aliphatic carbocycles. The van der Waals surface area contributed by atoms with Crippen LogP contribution >= 0.6 is 11.6 Å². The number of aryl methyl sites for hydroxylation is 2. The van der Waals surface area contributed by atoms with E-state index in [2.05, 4.69) is 5.10 Å². The van der Waals surface area contributed by atoms with Crippen LogP contribution in [-0.2, 0) is 9.59 Å². The number of anilines is 1. The van der Waals surface area contributed by atoms with E-state index in [0.717, 1.165) is 16.0 Å². The van der Waals surface area contributed by atoms with Crippen LogP contribution in [0.25, 0.3) is 17.0 Å². The molecular formula is C29H26ClN4O3+. The number of nitrogens with one attached hydrogen (secondary N) is 1. The third-order valence-electron chi connectivity index (χ3n) is 6.39. The number of H-pyrrole nitrogens is 1. The summed E-state index contributed by atoms with van der Waals surface area (Å²) in [5, 5.41) is 3.72. The van der Waals surface area contributed by atoms with Gasteiger partial charge in [0.05, 0.1) is 16.9 Å². The molecule has 5 rings (SSSR count). The number of imide groups is 1. The maximum Gasteiger partial charge on any atom is 0.331 e. The second-order valence-electron chi connectivity index (χ2n) is 9.47. The Bertz CT molecular complexity index is 1630. The number of nitrogens with zero attached hydrogens (tertiary/aromatic N) is 3. The summed E-state index contributed by atoms with van der Waals surface area (Å²) in [5.41, 5.74) is 3.45. The summed E-state index contributed by atoms with van der Waals surface area (Å²) in [5.74, 6) is -1.17. The number of rotatable bonds is 5. The standard InChI is InChI=1S/C29H25ClN4O3/c1-17(2)25-23(28(36)34(31-25)22-13-9-20(30)10-14-22)24-26(32-15-5-6-19(4)16-32)29(37)33(27(24)35)21-11-7-18(3)8-12-21/h5-17H,1-4H3/p+1. The third kappa shape index (κ3) is 4.21. The second kappa shape index (κ2) is 9.33. The highest BCUT2D eigenvalue weighted by atomic mass is 35.5. The lowest BCUT2D eigenvalue weighted by Crippen LogP contribution is -2.39. The monoisotopic (exact) mass is 513 g/mol. The van der Waals surface area contributed by atoms with E-state index >= 15 is 0 Å². The van der Waals surface area contributed by atoms with Gasteiger partial charge in [-0.3, -0.25) is 19.5 Å². The molecule has 4 aromatic rings. The van der Waals surface area contributed by atoms with E-state index in [0.29, 0.717) is 22.1 Å². The van der Waals surface area contributed by atoms with Crippen molar-refractivity contribution in [2.24, 2.45) is 0 Å². The number of hydrogen-bond acceptors (Lipinski definition) is 3. The summed E-state index contributed by atoms with van der Waals surface area (Å²) in [6.07, 6.45) is 3.49. The fourth-order valence-corrected chi connectivity index (χ4v) is 4.65. The molecule has 0 bridgehead atoms. The van der Waals surface area contributed by atoms with Gasteiger partial charge in [-0.1, -0.05) is 43.1 Å². The first-order valence-corrected chi connectivity index (χ1v) is 12.3. The van der Waals surface area contributed by atoms with Crippen molar-refractivity contribution in [3.05, 3.63) is 111 Å².